The van der Waals surface area contributed by atoms with Gasteiger partial charge in [0.1, 0.15) is 0 Å². The smallest absolute Gasteiger partial charge is 0.0838 e. The SMILES string of the molecule is Cc1nnsc1C(NN)c1ccc2cccnc2c1. The maximum absolute atomic E-state index is 5.69. The molecule has 1 unspecified atom stereocenters. The second-order valence-corrected chi connectivity index (χ2v) is 5.06. The lowest BCUT2D eigenvalue weighted by molar-refractivity contribution is 0.642. The fraction of sp³-hybridized carbons (Fsp3) is 0.154. The molecule has 1 atom stereocenters. The van der Waals surface area contributed by atoms with Crippen LogP contribution in [-0.4, -0.2) is 14.6 Å². The summed E-state index contributed by atoms with van der Waals surface area (Å²) < 4.78 is 3.96. The normalized spacial score (nSPS) is 12.7. The third-order valence-electron chi connectivity index (χ3n) is 3.08. The van der Waals surface area contributed by atoms with E-state index < -0.39 is 0 Å². The summed E-state index contributed by atoms with van der Waals surface area (Å²) in [7, 11) is 0. The Kier molecular flexibility index (Phi) is 3.20. The maximum Gasteiger partial charge on any atom is 0.0838 e. The maximum atomic E-state index is 5.69. The van der Waals surface area contributed by atoms with Crippen LogP contribution in [0.4, 0.5) is 0 Å². The quantitative estimate of drug-likeness (QED) is 0.562. The number of aromatic nitrogens is 3. The number of aryl methyl sites for hydroxylation is 1. The van der Waals surface area contributed by atoms with Gasteiger partial charge in [0.2, 0.25) is 0 Å². The van der Waals surface area contributed by atoms with E-state index in [-0.39, 0.29) is 6.04 Å². The van der Waals surface area contributed by atoms with Crippen LogP contribution in [0.1, 0.15) is 22.2 Å². The molecule has 0 bridgehead atoms. The molecule has 3 aromatic rings. The molecule has 96 valence electrons. The first-order chi connectivity index (χ1) is 9.29. The van der Waals surface area contributed by atoms with Gasteiger partial charge in [-0.15, -0.1) is 5.10 Å². The number of hydrogen-bond acceptors (Lipinski definition) is 6. The van der Waals surface area contributed by atoms with Crippen LogP contribution in [0.3, 0.4) is 0 Å². The molecule has 3 rings (SSSR count). The molecule has 5 nitrogen and oxygen atoms in total. The first-order valence-electron chi connectivity index (χ1n) is 5.89. The second-order valence-electron chi connectivity index (χ2n) is 4.28. The van der Waals surface area contributed by atoms with Crippen LogP contribution in [-0.2, 0) is 0 Å². The molecule has 0 saturated heterocycles. The van der Waals surface area contributed by atoms with Gasteiger partial charge in [-0.1, -0.05) is 22.7 Å². The molecule has 1 aromatic carbocycles. The molecule has 19 heavy (non-hydrogen) atoms. The van der Waals surface area contributed by atoms with Crippen LogP contribution < -0.4 is 11.3 Å². The highest BCUT2D eigenvalue weighted by atomic mass is 32.1. The van der Waals surface area contributed by atoms with E-state index in [1.807, 2.05) is 37.3 Å². The summed E-state index contributed by atoms with van der Waals surface area (Å²) in [5.41, 5.74) is 5.74. The zero-order chi connectivity index (χ0) is 13.2. The topological polar surface area (TPSA) is 76.7 Å². The first kappa shape index (κ1) is 12.2. The Morgan fingerprint density at radius 3 is 2.95 bits per heavy atom. The van der Waals surface area contributed by atoms with E-state index in [1.165, 1.54) is 11.5 Å². The molecule has 2 aromatic heterocycles. The van der Waals surface area contributed by atoms with E-state index in [1.54, 1.807) is 6.20 Å². The van der Waals surface area contributed by atoms with Crippen molar-refractivity contribution in [3.63, 3.8) is 0 Å². The van der Waals surface area contributed by atoms with Crippen molar-refractivity contribution < 1.29 is 0 Å². The van der Waals surface area contributed by atoms with Gasteiger partial charge in [0.15, 0.2) is 0 Å². The number of pyridine rings is 1. The van der Waals surface area contributed by atoms with E-state index in [9.17, 15) is 0 Å². The van der Waals surface area contributed by atoms with Crippen LogP contribution in [0, 0.1) is 6.92 Å². The van der Waals surface area contributed by atoms with Crippen molar-refractivity contribution in [2.75, 3.05) is 0 Å². The Labute approximate surface area is 114 Å². The number of nitrogens with two attached hydrogens (primary N) is 1. The molecule has 0 aliphatic rings. The fourth-order valence-corrected chi connectivity index (χ4v) is 2.82. The number of hydrazine groups is 1. The Morgan fingerprint density at radius 1 is 1.32 bits per heavy atom. The van der Waals surface area contributed by atoms with Crippen molar-refractivity contribution in [2.45, 2.75) is 13.0 Å². The lowest BCUT2D eigenvalue weighted by Crippen LogP contribution is -2.28. The largest absolute Gasteiger partial charge is 0.271 e. The van der Waals surface area contributed by atoms with Gasteiger partial charge in [0, 0.05) is 11.6 Å². The Balaban J connectivity index is 2.09. The Morgan fingerprint density at radius 2 is 2.21 bits per heavy atom. The minimum atomic E-state index is -0.105. The van der Waals surface area contributed by atoms with E-state index in [0.29, 0.717) is 0 Å². The molecule has 2 heterocycles. The highest BCUT2D eigenvalue weighted by molar-refractivity contribution is 7.05. The average molecular weight is 271 g/mol. The third kappa shape index (κ3) is 2.21. The predicted octanol–water partition coefficient (Wildman–Crippen LogP) is 1.95. The number of nitrogens with one attached hydrogen (secondary N) is 1. The summed E-state index contributed by atoms with van der Waals surface area (Å²) >= 11 is 1.36. The summed E-state index contributed by atoms with van der Waals surface area (Å²) in [6, 6.07) is 10.00. The van der Waals surface area contributed by atoms with E-state index >= 15 is 0 Å². The summed E-state index contributed by atoms with van der Waals surface area (Å²) in [5.74, 6) is 5.69. The van der Waals surface area contributed by atoms with E-state index in [2.05, 4.69) is 20.0 Å². The molecule has 6 heteroatoms. The Hall–Kier alpha value is -1.89. The third-order valence-corrected chi connectivity index (χ3v) is 3.97. The molecule has 0 aliphatic heterocycles. The summed E-state index contributed by atoms with van der Waals surface area (Å²) in [6.45, 7) is 1.93. The van der Waals surface area contributed by atoms with Crippen LogP contribution in [0.15, 0.2) is 36.5 Å². The average Bonchev–Trinajstić information content (AvgIpc) is 2.86. The Bertz CT molecular complexity index is 709. The van der Waals surface area contributed by atoms with Crippen molar-refractivity contribution in [3.05, 3.63) is 52.7 Å². The molecule has 0 amide bonds. The number of fused-ring (bicyclic) bond motifs is 1. The summed E-state index contributed by atoms with van der Waals surface area (Å²) in [4.78, 5) is 5.39. The van der Waals surface area contributed by atoms with E-state index in [4.69, 9.17) is 5.84 Å². The fourth-order valence-electron chi connectivity index (χ4n) is 2.09. The molecule has 0 aliphatic carbocycles. The molecular weight excluding hydrogens is 258 g/mol. The lowest BCUT2D eigenvalue weighted by atomic mass is 10.0. The molecule has 0 spiro atoms. The van der Waals surface area contributed by atoms with Crippen molar-refractivity contribution in [1.29, 1.82) is 0 Å². The number of hydrogen-bond donors (Lipinski definition) is 2. The van der Waals surface area contributed by atoms with Crippen LogP contribution in [0.25, 0.3) is 10.9 Å². The standard InChI is InChI=1S/C13H13N5S/c1-8-13(19-18-17-8)12(16-14)10-5-4-9-3-2-6-15-11(9)7-10/h2-7,12,16H,14H2,1H3. The van der Waals surface area contributed by atoms with Gasteiger partial charge in [-0.05, 0) is 36.2 Å². The predicted molar refractivity (Wildman–Crippen MR) is 75.6 cm³/mol. The molecule has 0 radical (unpaired) electrons. The van der Waals surface area contributed by atoms with Crippen LogP contribution >= 0.6 is 11.5 Å². The minimum absolute atomic E-state index is 0.105. The van der Waals surface area contributed by atoms with Crippen LogP contribution in [0.2, 0.25) is 0 Å². The van der Waals surface area contributed by atoms with E-state index in [0.717, 1.165) is 27.0 Å². The zero-order valence-electron chi connectivity index (χ0n) is 10.4. The van der Waals surface area contributed by atoms with Gasteiger partial charge in [-0.25, -0.2) is 5.43 Å². The van der Waals surface area contributed by atoms with Gasteiger partial charge in [-0.3, -0.25) is 10.8 Å². The number of nitrogens with zero attached hydrogens (tertiary/aromatic N) is 3. The summed E-state index contributed by atoms with van der Waals surface area (Å²) in [5, 5.41) is 5.14. The van der Waals surface area contributed by atoms with Gasteiger partial charge in [0.25, 0.3) is 0 Å². The lowest BCUT2D eigenvalue weighted by Gasteiger charge is -2.15. The highest BCUT2D eigenvalue weighted by Crippen LogP contribution is 2.27. The van der Waals surface area contributed by atoms with Gasteiger partial charge < -0.3 is 0 Å². The number of rotatable bonds is 3. The van der Waals surface area contributed by atoms with Gasteiger partial charge >= 0.3 is 0 Å². The molecular formula is C13H13N5S. The van der Waals surface area contributed by atoms with Crippen molar-refractivity contribution in [3.8, 4) is 0 Å². The van der Waals surface area contributed by atoms with Crippen LogP contribution in [0.5, 0.6) is 0 Å². The molecule has 0 fully saturated rings. The van der Waals surface area contributed by atoms with Crippen molar-refractivity contribution >= 4 is 22.4 Å². The monoisotopic (exact) mass is 271 g/mol. The summed E-state index contributed by atoms with van der Waals surface area (Å²) in [6.07, 6.45) is 1.79. The number of benzene rings is 1. The van der Waals surface area contributed by atoms with Gasteiger partial charge in [0.05, 0.1) is 22.1 Å². The highest BCUT2D eigenvalue weighted by Gasteiger charge is 2.18. The first-order valence-corrected chi connectivity index (χ1v) is 6.66. The molecule has 3 N–H and O–H groups in total. The van der Waals surface area contributed by atoms with Crippen molar-refractivity contribution in [2.24, 2.45) is 5.84 Å². The zero-order valence-corrected chi connectivity index (χ0v) is 11.2. The minimum Gasteiger partial charge on any atom is -0.271 e. The van der Waals surface area contributed by atoms with Crippen molar-refractivity contribution in [1.82, 2.24) is 20.0 Å². The molecule has 0 saturated carbocycles. The van der Waals surface area contributed by atoms with Gasteiger partial charge in [-0.2, -0.15) is 0 Å². The second kappa shape index (κ2) is 5.00.